The number of aliphatic carboxylic acids is 1. The summed E-state index contributed by atoms with van der Waals surface area (Å²) in [7, 11) is 0. The maximum absolute atomic E-state index is 13.4. The van der Waals surface area contributed by atoms with Crippen molar-refractivity contribution in [1.82, 2.24) is 0 Å². The van der Waals surface area contributed by atoms with Gasteiger partial charge in [-0.25, -0.2) is 4.79 Å². The van der Waals surface area contributed by atoms with Crippen LogP contribution in [0.25, 0.3) is 0 Å². The van der Waals surface area contributed by atoms with Crippen LogP contribution < -0.4 is 0 Å². The lowest BCUT2D eigenvalue weighted by Gasteiger charge is -2.54. The topological polar surface area (TPSA) is 158 Å². The molecule has 1 aliphatic rings. The second-order valence-electron chi connectivity index (χ2n) is 9.39. The molecule has 0 spiro atoms. The molecule has 0 radical (unpaired) electrons. The van der Waals surface area contributed by atoms with Crippen LogP contribution in [-0.2, 0) is 23.9 Å². The number of carboxylic acids is 1. The van der Waals surface area contributed by atoms with Crippen LogP contribution in [0.15, 0.2) is 24.0 Å². The minimum absolute atomic E-state index is 0.166. The summed E-state index contributed by atoms with van der Waals surface area (Å²) in [6.45, 7) is 7.98. The first kappa shape index (κ1) is 29.5. The predicted molar refractivity (Wildman–Crippen MR) is 124 cm³/mol. The molecular formula is C25H38O9. The van der Waals surface area contributed by atoms with Crippen LogP contribution in [0, 0.1) is 35.0 Å². The summed E-state index contributed by atoms with van der Waals surface area (Å²) >= 11 is 0. The quantitative estimate of drug-likeness (QED) is 0.186. The van der Waals surface area contributed by atoms with Gasteiger partial charge in [-0.3, -0.25) is 14.4 Å². The van der Waals surface area contributed by atoms with Gasteiger partial charge < -0.3 is 25.2 Å². The Hall–Kier alpha value is -2.52. The number of carboxylic acid groups (broad SMARTS) is 1. The molecule has 1 aliphatic carbocycles. The SMILES string of the molecule is CCC(C)C1C(CO)C(=O)C(O)C(C(CC)COC(=O)C/C(C)=C/C(=O)O)C1(C)C(=O)/C=C\O. The molecule has 0 heterocycles. The van der Waals surface area contributed by atoms with Crippen molar-refractivity contribution < 1.29 is 44.3 Å². The number of hydrogen-bond acceptors (Lipinski definition) is 8. The van der Waals surface area contributed by atoms with E-state index >= 15 is 0 Å². The van der Waals surface area contributed by atoms with E-state index in [2.05, 4.69) is 0 Å². The zero-order chi connectivity index (χ0) is 26.2. The summed E-state index contributed by atoms with van der Waals surface area (Å²) in [6, 6.07) is 0. The van der Waals surface area contributed by atoms with Gasteiger partial charge in [-0.2, -0.15) is 0 Å². The Bertz CT molecular complexity index is 815. The molecule has 192 valence electrons. The van der Waals surface area contributed by atoms with Crippen LogP contribution in [0.3, 0.4) is 0 Å². The number of rotatable bonds is 12. The molecule has 4 N–H and O–H groups in total. The van der Waals surface area contributed by atoms with Crippen LogP contribution in [0.1, 0.15) is 53.9 Å². The van der Waals surface area contributed by atoms with Gasteiger partial charge in [0, 0.05) is 29.4 Å². The van der Waals surface area contributed by atoms with E-state index in [0.29, 0.717) is 24.7 Å². The molecule has 1 fully saturated rings. The van der Waals surface area contributed by atoms with Crippen molar-refractivity contribution in [3.05, 3.63) is 24.0 Å². The third-order valence-corrected chi connectivity index (χ3v) is 7.31. The molecule has 7 unspecified atom stereocenters. The standard InChI is InChI=1S/C25H38O9/c1-6-15(4)21-17(12-27)23(32)24(33)22(25(21,5)18(28)8-9-26)16(7-2)13-34-20(31)11-14(3)10-19(29)30/h8-10,15-17,21-22,24,26-27,33H,6-7,11-13H2,1-5H3,(H,29,30)/b9-8-,14-10+. The van der Waals surface area contributed by atoms with E-state index in [9.17, 15) is 34.5 Å². The second-order valence-corrected chi connectivity index (χ2v) is 9.39. The first-order valence-corrected chi connectivity index (χ1v) is 11.6. The third-order valence-electron chi connectivity index (χ3n) is 7.31. The third kappa shape index (κ3) is 6.33. The number of carbonyl (C=O) groups is 4. The fourth-order valence-electron chi connectivity index (χ4n) is 5.53. The van der Waals surface area contributed by atoms with E-state index < -0.39 is 65.3 Å². The van der Waals surface area contributed by atoms with Gasteiger partial charge in [-0.15, -0.1) is 0 Å². The highest BCUT2D eigenvalue weighted by Crippen LogP contribution is 2.54. The highest BCUT2D eigenvalue weighted by molar-refractivity contribution is 5.98. The number of esters is 1. The number of ketones is 2. The molecule has 0 amide bonds. The molecule has 0 aromatic heterocycles. The zero-order valence-corrected chi connectivity index (χ0v) is 20.6. The molecule has 0 aromatic carbocycles. The highest BCUT2D eigenvalue weighted by atomic mass is 16.5. The first-order valence-electron chi connectivity index (χ1n) is 11.6. The predicted octanol–water partition coefficient (Wildman–Crippen LogP) is 2.45. The van der Waals surface area contributed by atoms with Crippen LogP contribution in [0.5, 0.6) is 0 Å². The van der Waals surface area contributed by atoms with Crippen LogP contribution >= 0.6 is 0 Å². The largest absolute Gasteiger partial charge is 0.515 e. The fraction of sp³-hybridized carbons (Fsp3) is 0.680. The van der Waals surface area contributed by atoms with Gasteiger partial charge in [-0.05, 0) is 31.1 Å². The lowest BCUT2D eigenvalue weighted by molar-refractivity contribution is -0.176. The van der Waals surface area contributed by atoms with Gasteiger partial charge in [0.2, 0.25) is 0 Å². The van der Waals surface area contributed by atoms with Gasteiger partial charge >= 0.3 is 11.9 Å². The number of ether oxygens (including phenoxy) is 1. The normalized spacial score (nSPS) is 29.6. The molecule has 7 atom stereocenters. The van der Waals surface area contributed by atoms with Crippen molar-refractivity contribution in [3.8, 4) is 0 Å². The highest BCUT2D eigenvalue weighted by Gasteiger charge is 2.61. The zero-order valence-electron chi connectivity index (χ0n) is 20.6. The minimum atomic E-state index is -1.57. The maximum atomic E-state index is 13.4. The maximum Gasteiger partial charge on any atom is 0.328 e. The van der Waals surface area contributed by atoms with Crippen LogP contribution in [0.2, 0.25) is 0 Å². The molecule has 0 aromatic rings. The van der Waals surface area contributed by atoms with E-state index in [1.807, 2.05) is 13.8 Å². The van der Waals surface area contributed by atoms with Gasteiger partial charge in [0.05, 0.1) is 25.9 Å². The molecule has 9 nitrogen and oxygen atoms in total. The summed E-state index contributed by atoms with van der Waals surface area (Å²) in [5.74, 6) is -6.13. The fourth-order valence-corrected chi connectivity index (χ4v) is 5.53. The summed E-state index contributed by atoms with van der Waals surface area (Å²) < 4.78 is 5.37. The number of carbonyl (C=O) groups excluding carboxylic acids is 3. The van der Waals surface area contributed by atoms with E-state index in [1.165, 1.54) is 6.92 Å². The van der Waals surface area contributed by atoms with E-state index in [1.54, 1.807) is 13.8 Å². The number of aliphatic hydroxyl groups excluding tert-OH is 3. The van der Waals surface area contributed by atoms with E-state index in [4.69, 9.17) is 9.84 Å². The molecular weight excluding hydrogens is 444 g/mol. The van der Waals surface area contributed by atoms with Crippen molar-refractivity contribution in [2.24, 2.45) is 35.0 Å². The van der Waals surface area contributed by atoms with Gasteiger partial charge in [0.15, 0.2) is 11.6 Å². The number of allylic oxidation sites excluding steroid dienone is 1. The minimum Gasteiger partial charge on any atom is -0.515 e. The van der Waals surface area contributed by atoms with Gasteiger partial charge in [0.25, 0.3) is 0 Å². The Morgan fingerprint density at radius 3 is 2.26 bits per heavy atom. The summed E-state index contributed by atoms with van der Waals surface area (Å²) in [4.78, 5) is 49.5. The molecule has 1 rings (SSSR count). The Labute approximate surface area is 200 Å². The molecule has 0 saturated heterocycles. The number of Topliss-reactive ketones (excluding diaryl/α,β-unsaturated/α-hetero) is 1. The van der Waals surface area contributed by atoms with Gasteiger partial charge in [0.1, 0.15) is 6.10 Å². The first-order chi connectivity index (χ1) is 15.9. The van der Waals surface area contributed by atoms with E-state index in [0.717, 1.165) is 12.2 Å². The van der Waals surface area contributed by atoms with Crippen molar-refractivity contribution in [3.63, 3.8) is 0 Å². The Balaban J connectivity index is 3.42. The monoisotopic (exact) mass is 482 g/mol. The Morgan fingerprint density at radius 2 is 1.79 bits per heavy atom. The Kier molecular flexibility index (Phi) is 11.1. The smallest absolute Gasteiger partial charge is 0.328 e. The van der Waals surface area contributed by atoms with Gasteiger partial charge in [-0.1, -0.05) is 39.7 Å². The molecule has 1 saturated carbocycles. The molecule has 0 bridgehead atoms. The van der Waals surface area contributed by atoms with Crippen LogP contribution in [-0.4, -0.2) is 63.2 Å². The number of aliphatic hydroxyl groups is 3. The lowest BCUT2D eigenvalue weighted by atomic mass is 9.48. The molecule has 0 aliphatic heterocycles. The van der Waals surface area contributed by atoms with Crippen molar-refractivity contribution >= 4 is 23.5 Å². The summed E-state index contributed by atoms with van der Waals surface area (Å²) in [5, 5.41) is 39.2. The molecule has 34 heavy (non-hydrogen) atoms. The second kappa shape index (κ2) is 12.8. The number of hydrogen-bond donors (Lipinski definition) is 4. The average Bonchev–Trinajstić information content (AvgIpc) is 2.77. The van der Waals surface area contributed by atoms with Crippen molar-refractivity contribution in [2.75, 3.05) is 13.2 Å². The molecule has 9 heteroatoms. The van der Waals surface area contributed by atoms with E-state index in [-0.39, 0.29) is 18.9 Å². The summed E-state index contributed by atoms with van der Waals surface area (Å²) in [5.41, 5.74) is -1.03. The average molecular weight is 483 g/mol. The lowest BCUT2D eigenvalue weighted by Crippen LogP contribution is -2.63. The van der Waals surface area contributed by atoms with Crippen LogP contribution in [0.4, 0.5) is 0 Å². The summed E-state index contributed by atoms with van der Waals surface area (Å²) in [6.07, 6.45) is 1.70. The van der Waals surface area contributed by atoms with Crippen molar-refractivity contribution in [2.45, 2.75) is 60.0 Å². The van der Waals surface area contributed by atoms with Crippen molar-refractivity contribution in [1.29, 1.82) is 0 Å². The Morgan fingerprint density at radius 1 is 1.18 bits per heavy atom.